The number of hydrogen-bond acceptors (Lipinski definition) is 7. The number of benzene rings is 2. The molecule has 1 fully saturated rings. The smallest absolute Gasteiger partial charge is 0.322 e. The van der Waals surface area contributed by atoms with E-state index in [0.29, 0.717) is 47.4 Å². The molecule has 1 saturated heterocycles. The van der Waals surface area contributed by atoms with Crippen LogP contribution in [0.1, 0.15) is 24.1 Å². The van der Waals surface area contributed by atoms with E-state index in [2.05, 4.69) is 10.5 Å². The van der Waals surface area contributed by atoms with Crippen molar-refractivity contribution in [1.82, 2.24) is 10.1 Å². The average Bonchev–Trinajstić information content (AvgIpc) is 3.55. The van der Waals surface area contributed by atoms with Gasteiger partial charge >= 0.3 is 6.03 Å². The highest BCUT2D eigenvalue weighted by molar-refractivity contribution is 5.89. The van der Waals surface area contributed by atoms with Crippen LogP contribution in [0.15, 0.2) is 47.0 Å². The Morgan fingerprint density at radius 2 is 1.89 bits per heavy atom. The molecule has 1 atom stereocenters. The van der Waals surface area contributed by atoms with Gasteiger partial charge in [0.25, 0.3) is 0 Å². The molecule has 3 aromatic rings. The van der Waals surface area contributed by atoms with Crippen molar-refractivity contribution in [3.05, 3.63) is 53.7 Å². The van der Waals surface area contributed by atoms with Gasteiger partial charge in [-0.1, -0.05) is 17.3 Å². The number of rotatable bonds is 9. The van der Waals surface area contributed by atoms with E-state index < -0.39 is 0 Å². The highest BCUT2D eigenvalue weighted by Crippen LogP contribution is 2.41. The van der Waals surface area contributed by atoms with Crippen molar-refractivity contribution in [2.24, 2.45) is 0 Å². The molecule has 0 spiro atoms. The van der Waals surface area contributed by atoms with E-state index in [4.69, 9.17) is 23.5 Å². The van der Waals surface area contributed by atoms with Crippen molar-refractivity contribution < 1.29 is 28.3 Å². The maximum Gasteiger partial charge on any atom is 0.322 e. The van der Waals surface area contributed by atoms with Crippen LogP contribution in [0.5, 0.6) is 17.2 Å². The Morgan fingerprint density at radius 3 is 2.51 bits per heavy atom. The first-order chi connectivity index (χ1) is 17.0. The number of ether oxygens (including phenoxy) is 4. The summed E-state index contributed by atoms with van der Waals surface area (Å²) in [5.41, 5.74) is 3.14. The predicted octanol–water partition coefficient (Wildman–Crippen LogP) is 4.89. The van der Waals surface area contributed by atoms with Gasteiger partial charge in [-0.3, -0.25) is 0 Å². The lowest BCUT2D eigenvalue weighted by molar-refractivity contribution is 0.0814. The van der Waals surface area contributed by atoms with Gasteiger partial charge in [-0.25, -0.2) is 4.79 Å². The number of carbonyl (C=O) groups is 1. The first-order valence-corrected chi connectivity index (χ1v) is 11.5. The normalized spacial score (nSPS) is 15.0. The molecule has 4 rings (SSSR count). The number of carbonyl (C=O) groups excluding carboxylic acids is 1. The van der Waals surface area contributed by atoms with E-state index in [9.17, 15) is 4.79 Å². The van der Waals surface area contributed by atoms with Crippen molar-refractivity contribution in [3.8, 4) is 28.6 Å². The molecular formula is C26H31N3O6. The number of hydrogen-bond donors (Lipinski definition) is 1. The maximum absolute atomic E-state index is 13.2. The van der Waals surface area contributed by atoms with Crippen LogP contribution in [0.2, 0.25) is 0 Å². The number of methoxy groups -OCH3 is 3. The molecule has 1 aromatic heterocycles. The van der Waals surface area contributed by atoms with Crippen LogP contribution in [0.25, 0.3) is 11.3 Å². The average molecular weight is 482 g/mol. The van der Waals surface area contributed by atoms with Gasteiger partial charge in [0, 0.05) is 30.5 Å². The first-order valence-electron chi connectivity index (χ1n) is 11.5. The molecule has 186 valence electrons. The number of aryl methyl sites for hydroxylation is 1. The lowest BCUT2D eigenvalue weighted by atomic mass is 10.1. The van der Waals surface area contributed by atoms with E-state index in [1.54, 1.807) is 38.4 Å². The number of nitrogens with zero attached hydrogens (tertiary/aromatic N) is 2. The third-order valence-electron chi connectivity index (χ3n) is 5.87. The van der Waals surface area contributed by atoms with Gasteiger partial charge in [0.15, 0.2) is 17.3 Å². The molecule has 9 heteroatoms. The van der Waals surface area contributed by atoms with Crippen LogP contribution in [0.3, 0.4) is 0 Å². The number of anilines is 1. The second-order valence-corrected chi connectivity index (χ2v) is 8.41. The highest BCUT2D eigenvalue weighted by atomic mass is 16.5. The Hall–Kier alpha value is -3.72. The zero-order chi connectivity index (χ0) is 24.8. The molecule has 9 nitrogen and oxygen atoms in total. The summed E-state index contributed by atoms with van der Waals surface area (Å²) in [6.45, 7) is 3.43. The summed E-state index contributed by atoms with van der Waals surface area (Å²) in [6.07, 6.45) is 1.91. The first kappa shape index (κ1) is 24.4. The Bertz CT molecular complexity index is 1130. The number of amides is 2. The summed E-state index contributed by atoms with van der Waals surface area (Å²) in [5, 5.41) is 7.20. The molecule has 0 radical (unpaired) electrons. The van der Waals surface area contributed by atoms with Crippen LogP contribution < -0.4 is 19.5 Å². The number of nitrogens with one attached hydrogen (secondary N) is 1. The van der Waals surface area contributed by atoms with Crippen LogP contribution >= 0.6 is 0 Å². The number of aromatic nitrogens is 1. The minimum absolute atomic E-state index is 0.000239. The van der Waals surface area contributed by atoms with Gasteiger partial charge in [-0.2, -0.15) is 0 Å². The van der Waals surface area contributed by atoms with Crippen molar-refractivity contribution in [2.45, 2.75) is 32.4 Å². The van der Waals surface area contributed by atoms with Crippen molar-refractivity contribution >= 4 is 11.7 Å². The van der Waals surface area contributed by atoms with Gasteiger partial charge in [0.1, 0.15) is 5.69 Å². The fourth-order valence-electron chi connectivity index (χ4n) is 4.12. The standard InChI is InChI=1S/C26H31N3O6/c1-17-7-5-8-19(11-17)27-26(30)29(16-21-9-6-10-34-21)15-20-14-22(35-28-20)18-12-23(31-2)25(33-4)24(13-18)32-3/h5,7-8,11-14,21H,6,9-10,15-16H2,1-4H3,(H,27,30). The summed E-state index contributed by atoms with van der Waals surface area (Å²) in [7, 11) is 4.67. The highest BCUT2D eigenvalue weighted by Gasteiger charge is 2.24. The quantitative estimate of drug-likeness (QED) is 0.465. The Kier molecular flexibility index (Phi) is 7.77. The molecule has 1 N–H and O–H groups in total. The fourth-order valence-corrected chi connectivity index (χ4v) is 4.12. The third kappa shape index (κ3) is 5.86. The Balaban J connectivity index is 1.55. The Morgan fingerprint density at radius 1 is 1.11 bits per heavy atom. The minimum atomic E-state index is -0.219. The fraction of sp³-hybridized carbons (Fsp3) is 0.385. The predicted molar refractivity (Wildman–Crippen MR) is 131 cm³/mol. The second-order valence-electron chi connectivity index (χ2n) is 8.41. The third-order valence-corrected chi connectivity index (χ3v) is 5.87. The van der Waals surface area contributed by atoms with E-state index in [0.717, 1.165) is 24.1 Å². The summed E-state index contributed by atoms with van der Waals surface area (Å²) in [6, 6.07) is 12.9. The topological polar surface area (TPSA) is 95.3 Å². The molecule has 1 unspecified atom stereocenters. The van der Waals surface area contributed by atoms with Gasteiger partial charge in [-0.15, -0.1) is 0 Å². The van der Waals surface area contributed by atoms with E-state index in [-0.39, 0.29) is 18.7 Å². The van der Waals surface area contributed by atoms with Crippen LogP contribution in [-0.2, 0) is 11.3 Å². The van der Waals surface area contributed by atoms with Crippen LogP contribution in [0, 0.1) is 6.92 Å². The summed E-state index contributed by atoms with van der Waals surface area (Å²) >= 11 is 0. The lowest BCUT2D eigenvalue weighted by Gasteiger charge is -2.25. The van der Waals surface area contributed by atoms with Gasteiger partial charge < -0.3 is 33.7 Å². The Labute approximate surface area is 204 Å². The summed E-state index contributed by atoms with van der Waals surface area (Å²) < 4.78 is 27.7. The van der Waals surface area contributed by atoms with E-state index in [1.807, 2.05) is 37.3 Å². The molecule has 0 saturated carbocycles. The summed E-state index contributed by atoms with van der Waals surface area (Å²) in [4.78, 5) is 14.9. The molecule has 1 aliphatic rings. The second kappa shape index (κ2) is 11.1. The molecule has 2 aromatic carbocycles. The molecule has 0 aliphatic carbocycles. The molecular weight excluding hydrogens is 450 g/mol. The molecule has 0 bridgehead atoms. The van der Waals surface area contributed by atoms with E-state index in [1.165, 1.54) is 0 Å². The van der Waals surface area contributed by atoms with Crippen LogP contribution in [0.4, 0.5) is 10.5 Å². The maximum atomic E-state index is 13.2. The van der Waals surface area contributed by atoms with Gasteiger partial charge in [0.05, 0.1) is 34.0 Å². The minimum Gasteiger partial charge on any atom is -0.493 e. The lowest BCUT2D eigenvalue weighted by Crippen LogP contribution is -2.39. The monoisotopic (exact) mass is 481 g/mol. The summed E-state index contributed by atoms with van der Waals surface area (Å²) in [5.74, 6) is 2.04. The van der Waals surface area contributed by atoms with Crippen LogP contribution in [-0.4, -0.2) is 56.7 Å². The van der Waals surface area contributed by atoms with Crippen molar-refractivity contribution in [1.29, 1.82) is 0 Å². The van der Waals surface area contributed by atoms with Crippen molar-refractivity contribution in [3.63, 3.8) is 0 Å². The van der Waals surface area contributed by atoms with Crippen molar-refractivity contribution in [2.75, 3.05) is 39.8 Å². The molecule has 1 aliphatic heterocycles. The van der Waals surface area contributed by atoms with Gasteiger partial charge in [0.2, 0.25) is 5.75 Å². The zero-order valence-electron chi connectivity index (χ0n) is 20.5. The molecule has 35 heavy (non-hydrogen) atoms. The molecule has 2 amide bonds. The number of urea groups is 1. The molecule has 2 heterocycles. The van der Waals surface area contributed by atoms with Gasteiger partial charge in [-0.05, 0) is 49.6 Å². The SMILES string of the molecule is COc1cc(-c2cc(CN(CC3CCCO3)C(=O)Nc3cccc(C)c3)no2)cc(OC)c1OC. The largest absolute Gasteiger partial charge is 0.493 e. The van der Waals surface area contributed by atoms with E-state index >= 15 is 0 Å². The zero-order valence-corrected chi connectivity index (χ0v) is 20.5.